The molecule has 4 aromatic rings. The Kier molecular flexibility index (Phi) is 3.84. The van der Waals surface area contributed by atoms with Crippen LogP contribution in [0.5, 0.6) is 0 Å². The lowest BCUT2D eigenvalue weighted by Gasteiger charge is -2.06. The highest BCUT2D eigenvalue weighted by Gasteiger charge is 2.10. The van der Waals surface area contributed by atoms with E-state index in [1.165, 1.54) is 5.56 Å². The summed E-state index contributed by atoms with van der Waals surface area (Å²) in [4.78, 5) is 16.3. The van der Waals surface area contributed by atoms with Gasteiger partial charge in [0.05, 0.1) is 10.7 Å². The Morgan fingerprint density at radius 2 is 2.00 bits per heavy atom. The van der Waals surface area contributed by atoms with Crippen LogP contribution < -0.4 is 5.32 Å². The zero-order valence-corrected chi connectivity index (χ0v) is 13.5. The molecule has 0 saturated carbocycles. The lowest BCUT2D eigenvalue weighted by atomic mass is 10.1. The summed E-state index contributed by atoms with van der Waals surface area (Å²) in [7, 11) is 0. The molecule has 0 saturated heterocycles. The summed E-state index contributed by atoms with van der Waals surface area (Å²) >= 11 is 6.06. The largest absolute Gasteiger partial charge is 0.350 e. The second-order valence-electron chi connectivity index (χ2n) is 5.36. The predicted molar refractivity (Wildman–Crippen MR) is 100 cm³/mol. The molecule has 1 aromatic carbocycles. The molecule has 0 unspecified atom stereocenters. The summed E-state index contributed by atoms with van der Waals surface area (Å²) in [5, 5.41) is 4.79. The van der Waals surface area contributed by atoms with E-state index in [-0.39, 0.29) is 2.85 Å². The van der Waals surface area contributed by atoms with Crippen molar-refractivity contribution >= 4 is 28.6 Å². The molecule has 0 spiro atoms. The van der Waals surface area contributed by atoms with Gasteiger partial charge in [-0.25, -0.2) is 15.0 Å². The molecule has 5 nitrogen and oxygen atoms in total. The number of hydrogen-bond acceptors (Lipinski definition) is 4. The molecule has 3 heterocycles. The van der Waals surface area contributed by atoms with Crippen molar-refractivity contribution in [1.82, 2.24) is 19.9 Å². The molecule has 0 fully saturated rings. The van der Waals surface area contributed by atoms with Gasteiger partial charge < -0.3 is 10.3 Å². The first-order chi connectivity index (χ1) is 11.8. The second-order valence-corrected chi connectivity index (χ2v) is 5.79. The van der Waals surface area contributed by atoms with Crippen molar-refractivity contribution in [2.75, 3.05) is 5.32 Å². The van der Waals surface area contributed by atoms with E-state index in [0.717, 1.165) is 22.3 Å². The minimum absolute atomic E-state index is 0. The summed E-state index contributed by atoms with van der Waals surface area (Å²) in [6.45, 7) is 0.672. The smallest absolute Gasteiger partial charge is 0.223 e. The third-order valence-corrected chi connectivity index (χ3v) is 3.93. The van der Waals surface area contributed by atoms with Crippen LogP contribution in [-0.4, -0.2) is 19.9 Å². The van der Waals surface area contributed by atoms with Crippen molar-refractivity contribution in [3.63, 3.8) is 0 Å². The van der Waals surface area contributed by atoms with Gasteiger partial charge in [-0.2, -0.15) is 0 Å². The molecule has 122 valence electrons. The van der Waals surface area contributed by atoms with Gasteiger partial charge in [-0.15, -0.1) is 0 Å². The monoisotopic (exact) mass is 339 g/mol. The van der Waals surface area contributed by atoms with Crippen LogP contribution in [0.2, 0.25) is 5.02 Å². The number of H-pyrrole nitrogens is 1. The van der Waals surface area contributed by atoms with Crippen molar-refractivity contribution in [2.24, 2.45) is 0 Å². The van der Waals surface area contributed by atoms with Crippen LogP contribution in [0.15, 0.2) is 61.1 Å². The third-order valence-electron chi connectivity index (χ3n) is 3.72. The minimum Gasteiger partial charge on any atom is -0.350 e. The van der Waals surface area contributed by atoms with Crippen LogP contribution >= 0.6 is 11.6 Å². The van der Waals surface area contributed by atoms with Crippen LogP contribution in [-0.2, 0) is 6.54 Å². The quantitative estimate of drug-likeness (QED) is 0.561. The van der Waals surface area contributed by atoms with E-state index in [1.807, 2.05) is 36.5 Å². The maximum atomic E-state index is 6.06. The standard InChI is InChI=1S/C18H14ClN5.2H2/c19-13-8-14-15(11-22-17(14)21-10-13)16-6-7-20-18(24-16)23-9-12-4-2-1-3-5-12;;/h1-8,10-11H,9H2,(H,21,22)(H,20,23,24);2*1H. The van der Waals surface area contributed by atoms with Crippen LogP contribution in [0.4, 0.5) is 5.95 Å². The van der Waals surface area contributed by atoms with Gasteiger partial charge in [0.2, 0.25) is 5.95 Å². The molecule has 4 rings (SSSR count). The Balaban J connectivity index is 0.00000121. The molecular weight excluding hydrogens is 322 g/mol. The van der Waals surface area contributed by atoms with E-state index < -0.39 is 0 Å². The number of nitrogens with zero attached hydrogens (tertiary/aromatic N) is 3. The molecule has 3 aromatic heterocycles. The fourth-order valence-electron chi connectivity index (χ4n) is 2.56. The Morgan fingerprint density at radius 1 is 1.12 bits per heavy atom. The lowest BCUT2D eigenvalue weighted by molar-refractivity contribution is 1.06. The highest BCUT2D eigenvalue weighted by Crippen LogP contribution is 2.28. The fourth-order valence-corrected chi connectivity index (χ4v) is 2.72. The molecular formula is C18H18ClN5. The number of hydrogen-bond donors (Lipinski definition) is 2. The van der Waals surface area contributed by atoms with Crippen molar-refractivity contribution in [3.05, 3.63) is 71.6 Å². The van der Waals surface area contributed by atoms with Gasteiger partial charge in [-0.05, 0) is 17.7 Å². The summed E-state index contributed by atoms with van der Waals surface area (Å²) in [5.41, 5.74) is 3.72. The SMILES string of the molecule is Clc1cnc2[nH]cc(-c3ccnc(NCc4ccccc4)n3)c2c1.[HH].[HH]. The number of fused-ring (bicyclic) bond motifs is 1. The number of aromatic amines is 1. The minimum atomic E-state index is 0. The van der Waals surface area contributed by atoms with Gasteiger partial charge in [0, 0.05) is 38.9 Å². The Hall–Kier alpha value is -2.92. The zero-order valence-electron chi connectivity index (χ0n) is 12.7. The van der Waals surface area contributed by atoms with Crippen molar-refractivity contribution in [3.8, 4) is 11.3 Å². The van der Waals surface area contributed by atoms with Crippen molar-refractivity contribution in [1.29, 1.82) is 0 Å². The van der Waals surface area contributed by atoms with Crippen LogP contribution in [0, 0.1) is 0 Å². The predicted octanol–water partition coefficient (Wildman–Crippen LogP) is 4.78. The molecule has 0 bridgehead atoms. The van der Waals surface area contributed by atoms with Gasteiger partial charge in [-0.1, -0.05) is 41.9 Å². The molecule has 0 radical (unpaired) electrons. The number of nitrogens with one attached hydrogen (secondary N) is 2. The molecule has 0 aliphatic heterocycles. The van der Waals surface area contributed by atoms with E-state index >= 15 is 0 Å². The third kappa shape index (κ3) is 2.94. The molecule has 0 atom stereocenters. The van der Waals surface area contributed by atoms with E-state index in [2.05, 4.69) is 37.4 Å². The first-order valence-electron chi connectivity index (χ1n) is 7.53. The Bertz CT molecular complexity index is 991. The Labute approximate surface area is 146 Å². The van der Waals surface area contributed by atoms with E-state index in [1.54, 1.807) is 12.4 Å². The van der Waals surface area contributed by atoms with Gasteiger partial charge in [0.15, 0.2) is 0 Å². The second kappa shape index (κ2) is 6.29. The average Bonchev–Trinajstić information content (AvgIpc) is 3.04. The molecule has 0 aliphatic carbocycles. The summed E-state index contributed by atoms with van der Waals surface area (Å²) < 4.78 is 0. The number of aromatic nitrogens is 4. The van der Waals surface area contributed by atoms with Gasteiger partial charge in [0.1, 0.15) is 5.65 Å². The zero-order chi connectivity index (χ0) is 16.4. The molecule has 0 aliphatic rings. The fraction of sp³-hybridized carbons (Fsp3) is 0.0556. The first kappa shape index (κ1) is 14.7. The topological polar surface area (TPSA) is 66.5 Å². The maximum absolute atomic E-state index is 6.06. The van der Waals surface area contributed by atoms with Gasteiger partial charge in [0.25, 0.3) is 0 Å². The number of anilines is 1. The maximum Gasteiger partial charge on any atom is 0.223 e. The van der Waals surface area contributed by atoms with Crippen LogP contribution in [0.3, 0.4) is 0 Å². The number of benzene rings is 1. The number of pyridine rings is 1. The lowest BCUT2D eigenvalue weighted by Crippen LogP contribution is -2.03. The van der Waals surface area contributed by atoms with Crippen molar-refractivity contribution in [2.45, 2.75) is 6.54 Å². The van der Waals surface area contributed by atoms with Crippen LogP contribution in [0.1, 0.15) is 8.42 Å². The number of halogens is 1. The van der Waals surface area contributed by atoms with Gasteiger partial charge >= 0.3 is 0 Å². The molecule has 2 N–H and O–H groups in total. The molecule has 6 heteroatoms. The van der Waals surface area contributed by atoms with E-state index in [9.17, 15) is 0 Å². The molecule has 0 amide bonds. The first-order valence-corrected chi connectivity index (χ1v) is 7.91. The number of rotatable bonds is 4. The van der Waals surface area contributed by atoms with Crippen LogP contribution in [0.25, 0.3) is 22.3 Å². The highest BCUT2D eigenvalue weighted by atomic mass is 35.5. The van der Waals surface area contributed by atoms with Crippen molar-refractivity contribution < 1.29 is 2.85 Å². The normalized spacial score (nSPS) is 10.9. The van der Waals surface area contributed by atoms with Gasteiger partial charge in [-0.3, -0.25) is 0 Å². The summed E-state index contributed by atoms with van der Waals surface area (Å²) in [5.74, 6) is 0.584. The molecule has 24 heavy (non-hydrogen) atoms. The summed E-state index contributed by atoms with van der Waals surface area (Å²) in [6, 6.07) is 13.9. The van der Waals surface area contributed by atoms with E-state index in [4.69, 9.17) is 11.6 Å². The Morgan fingerprint density at radius 3 is 2.88 bits per heavy atom. The average molecular weight is 340 g/mol. The van der Waals surface area contributed by atoms with E-state index in [0.29, 0.717) is 17.5 Å². The summed E-state index contributed by atoms with van der Waals surface area (Å²) in [6.07, 6.45) is 5.25. The highest BCUT2D eigenvalue weighted by molar-refractivity contribution is 6.31.